The van der Waals surface area contributed by atoms with Gasteiger partial charge in [-0.3, -0.25) is 4.79 Å². The Morgan fingerprint density at radius 2 is 2.24 bits per heavy atom. The monoisotopic (exact) mass is 235 g/mol. The standard InChI is InChI=1S/C11H13N3O3/c1-6-10(15)14(2)8-5-7(13-11(12)16)3-4-9(8)17-6/h3-6H,1-2H3,(H3,12,13,16). The number of hydrogen-bond acceptors (Lipinski definition) is 3. The maximum absolute atomic E-state index is 11.7. The summed E-state index contributed by atoms with van der Waals surface area (Å²) in [6.07, 6.45) is -0.498. The number of nitrogens with one attached hydrogen (secondary N) is 1. The van der Waals surface area contributed by atoms with Gasteiger partial charge in [-0.15, -0.1) is 0 Å². The summed E-state index contributed by atoms with van der Waals surface area (Å²) in [5, 5.41) is 2.45. The van der Waals surface area contributed by atoms with Crippen LogP contribution in [-0.4, -0.2) is 25.1 Å². The van der Waals surface area contributed by atoms with E-state index in [0.29, 0.717) is 17.1 Å². The number of primary amides is 1. The highest BCUT2D eigenvalue weighted by Crippen LogP contribution is 2.35. The summed E-state index contributed by atoms with van der Waals surface area (Å²) in [6.45, 7) is 1.69. The fourth-order valence-electron chi connectivity index (χ4n) is 1.73. The van der Waals surface area contributed by atoms with Gasteiger partial charge in [-0.1, -0.05) is 0 Å². The molecule has 0 spiro atoms. The molecule has 1 aromatic carbocycles. The van der Waals surface area contributed by atoms with Gasteiger partial charge in [0.15, 0.2) is 6.10 Å². The summed E-state index contributed by atoms with van der Waals surface area (Å²) in [5.74, 6) is 0.475. The van der Waals surface area contributed by atoms with E-state index in [1.807, 2.05) is 0 Å². The highest BCUT2D eigenvalue weighted by molar-refractivity contribution is 6.00. The predicted molar refractivity (Wildman–Crippen MR) is 63.1 cm³/mol. The van der Waals surface area contributed by atoms with Crippen molar-refractivity contribution in [3.05, 3.63) is 18.2 Å². The molecule has 0 saturated carbocycles. The van der Waals surface area contributed by atoms with Crippen LogP contribution in [0, 0.1) is 0 Å². The number of ether oxygens (including phenoxy) is 1. The van der Waals surface area contributed by atoms with Crippen molar-refractivity contribution in [1.82, 2.24) is 0 Å². The Balaban J connectivity index is 2.38. The molecular weight excluding hydrogens is 222 g/mol. The Bertz CT molecular complexity index is 487. The Morgan fingerprint density at radius 1 is 1.53 bits per heavy atom. The molecule has 0 fully saturated rings. The normalized spacial score (nSPS) is 18.4. The maximum atomic E-state index is 11.7. The molecule has 3 amide bonds. The molecular formula is C11H13N3O3. The lowest BCUT2D eigenvalue weighted by molar-refractivity contribution is -0.125. The molecule has 0 saturated heterocycles. The number of amides is 3. The summed E-state index contributed by atoms with van der Waals surface area (Å²) in [6, 6.07) is 4.35. The molecule has 1 aromatic rings. The van der Waals surface area contributed by atoms with Crippen molar-refractivity contribution < 1.29 is 14.3 Å². The van der Waals surface area contributed by atoms with Crippen LogP contribution in [0.4, 0.5) is 16.2 Å². The summed E-state index contributed by atoms with van der Waals surface area (Å²) in [4.78, 5) is 23.9. The van der Waals surface area contributed by atoms with Crippen LogP contribution in [0.3, 0.4) is 0 Å². The van der Waals surface area contributed by atoms with E-state index < -0.39 is 12.1 Å². The molecule has 1 heterocycles. The van der Waals surface area contributed by atoms with E-state index in [1.165, 1.54) is 4.90 Å². The third kappa shape index (κ3) is 2.01. The fraction of sp³-hybridized carbons (Fsp3) is 0.273. The Labute approximate surface area is 98.3 Å². The Morgan fingerprint density at radius 3 is 2.88 bits per heavy atom. The highest BCUT2D eigenvalue weighted by atomic mass is 16.5. The number of carbonyl (C=O) groups is 2. The third-order valence-electron chi connectivity index (χ3n) is 2.57. The van der Waals surface area contributed by atoms with E-state index in [2.05, 4.69) is 5.32 Å². The number of urea groups is 1. The number of fused-ring (bicyclic) bond motifs is 1. The highest BCUT2D eigenvalue weighted by Gasteiger charge is 2.28. The van der Waals surface area contributed by atoms with Crippen LogP contribution in [0.2, 0.25) is 0 Å². The maximum Gasteiger partial charge on any atom is 0.316 e. The SMILES string of the molecule is CC1Oc2ccc(NC(N)=O)cc2N(C)C1=O. The minimum absolute atomic E-state index is 0.131. The molecule has 0 aromatic heterocycles. The van der Waals surface area contributed by atoms with Crippen molar-refractivity contribution in [2.75, 3.05) is 17.3 Å². The van der Waals surface area contributed by atoms with E-state index in [4.69, 9.17) is 10.5 Å². The fourth-order valence-corrected chi connectivity index (χ4v) is 1.73. The van der Waals surface area contributed by atoms with Crippen molar-refractivity contribution >= 4 is 23.3 Å². The molecule has 17 heavy (non-hydrogen) atoms. The molecule has 6 nitrogen and oxygen atoms in total. The zero-order valence-corrected chi connectivity index (χ0v) is 9.56. The molecule has 1 aliphatic rings. The molecule has 90 valence electrons. The number of rotatable bonds is 1. The molecule has 2 rings (SSSR count). The first-order valence-electron chi connectivity index (χ1n) is 5.14. The van der Waals surface area contributed by atoms with E-state index in [9.17, 15) is 9.59 Å². The van der Waals surface area contributed by atoms with Gasteiger partial charge in [0.05, 0.1) is 5.69 Å². The third-order valence-corrected chi connectivity index (χ3v) is 2.57. The van der Waals surface area contributed by atoms with Crippen LogP contribution < -0.4 is 20.7 Å². The molecule has 0 radical (unpaired) electrons. The molecule has 1 atom stereocenters. The first kappa shape index (κ1) is 11.3. The lowest BCUT2D eigenvalue weighted by Gasteiger charge is -2.30. The van der Waals surface area contributed by atoms with Gasteiger partial charge in [-0.25, -0.2) is 4.79 Å². The number of likely N-dealkylation sites (N-methyl/N-ethyl adjacent to an activating group) is 1. The van der Waals surface area contributed by atoms with Crippen molar-refractivity contribution in [3.63, 3.8) is 0 Å². The van der Waals surface area contributed by atoms with E-state index in [0.717, 1.165) is 0 Å². The minimum Gasteiger partial charge on any atom is -0.479 e. The summed E-state index contributed by atoms with van der Waals surface area (Å²) < 4.78 is 5.44. The largest absolute Gasteiger partial charge is 0.479 e. The van der Waals surface area contributed by atoms with Crippen LogP contribution in [-0.2, 0) is 4.79 Å². The van der Waals surface area contributed by atoms with Gasteiger partial charge in [0.1, 0.15) is 5.75 Å². The Kier molecular flexibility index (Phi) is 2.63. The van der Waals surface area contributed by atoms with Crippen LogP contribution in [0.5, 0.6) is 5.75 Å². The quantitative estimate of drug-likeness (QED) is 0.759. The van der Waals surface area contributed by atoms with Crippen molar-refractivity contribution in [1.29, 1.82) is 0 Å². The molecule has 6 heteroatoms. The number of nitrogens with two attached hydrogens (primary N) is 1. The van der Waals surface area contributed by atoms with E-state index in [-0.39, 0.29) is 5.91 Å². The van der Waals surface area contributed by atoms with Crippen molar-refractivity contribution in [2.45, 2.75) is 13.0 Å². The number of nitrogens with zero attached hydrogens (tertiary/aromatic N) is 1. The number of hydrogen-bond donors (Lipinski definition) is 2. The second-order valence-electron chi connectivity index (χ2n) is 3.83. The summed E-state index contributed by atoms with van der Waals surface area (Å²) in [7, 11) is 1.66. The zero-order chi connectivity index (χ0) is 12.6. The van der Waals surface area contributed by atoms with E-state index >= 15 is 0 Å². The second kappa shape index (κ2) is 3.97. The summed E-state index contributed by atoms with van der Waals surface area (Å²) >= 11 is 0. The summed E-state index contributed by atoms with van der Waals surface area (Å²) in [5.41, 5.74) is 6.16. The zero-order valence-electron chi connectivity index (χ0n) is 9.56. The van der Waals surface area contributed by atoms with Crippen molar-refractivity contribution in [2.24, 2.45) is 5.73 Å². The van der Waals surface area contributed by atoms with E-state index in [1.54, 1.807) is 32.2 Å². The molecule has 0 aliphatic carbocycles. The predicted octanol–water partition coefficient (Wildman–Crippen LogP) is 0.921. The van der Waals surface area contributed by atoms with Gasteiger partial charge in [0.25, 0.3) is 5.91 Å². The van der Waals surface area contributed by atoms with Gasteiger partial charge in [-0.05, 0) is 25.1 Å². The van der Waals surface area contributed by atoms with Crippen molar-refractivity contribution in [3.8, 4) is 5.75 Å². The molecule has 1 aliphatic heterocycles. The lowest BCUT2D eigenvalue weighted by Crippen LogP contribution is -2.42. The van der Waals surface area contributed by atoms with Crippen LogP contribution in [0.25, 0.3) is 0 Å². The van der Waals surface area contributed by atoms with Crippen LogP contribution >= 0.6 is 0 Å². The molecule has 0 bridgehead atoms. The average Bonchev–Trinajstić information content (AvgIpc) is 2.26. The van der Waals surface area contributed by atoms with Gasteiger partial charge in [0, 0.05) is 12.7 Å². The van der Waals surface area contributed by atoms with Crippen LogP contribution in [0.15, 0.2) is 18.2 Å². The molecule has 1 unspecified atom stereocenters. The van der Waals surface area contributed by atoms with Gasteiger partial charge in [0.2, 0.25) is 0 Å². The van der Waals surface area contributed by atoms with Gasteiger partial charge >= 0.3 is 6.03 Å². The van der Waals surface area contributed by atoms with Gasteiger partial charge in [-0.2, -0.15) is 0 Å². The first-order chi connectivity index (χ1) is 7.99. The Hall–Kier alpha value is -2.24. The number of benzene rings is 1. The molecule has 3 N–H and O–H groups in total. The first-order valence-corrected chi connectivity index (χ1v) is 5.14. The lowest BCUT2D eigenvalue weighted by atomic mass is 10.2. The average molecular weight is 235 g/mol. The smallest absolute Gasteiger partial charge is 0.316 e. The topological polar surface area (TPSA) is 84.7 Å². The second-order valence-corrected chi connectivity index (χ2v) is 3.83. The number of anilines is 2. The van der Waals surface area contributed by atoms with Crippen LogP contribution in [0.1, 0.15) is 6.92 Å². The van der Waals surface area contributed by atoms with Gasteiger partial charge < -0.3 is 20.7 Å². The minimum atomic E-state index is -0.649. The number of carbonyl (C=O) groups excluding carboxylic acids is 2.